The molecular formula is C10H7NOSe. The number of nitriles is 1. The van der Waals surface area contributed by atoms with Crippen molar-refractivity contribution in [3.05, 3.63) is 34.3 Å². The minimum atomic E-state index is 0.0115. The fraction of sp³-hybridized carbons (Fsp3) is 0.100. The summed E-state index contributed by atoms with van der Waals surface area (Å²) < 4.78 is 2.10. The molecule has 0 spiro atoms. The average Bonchev–Trinajstić information content (AvgIpc) is 2.55. The fourth-order valence-electron chi connectivity index (χ4n) is 1.33. The van der Waals surface area contributed by atoms with Crippen LogP contribution in [-0.2, 0) is 6.61 Å². The van der Waals surface area contributed by atoms with Crippen molar-refractivity contribution in [1.29, 1.82) is 5.26 Å². The predicted octanol–water partition coefficient (Wildman–Crippen LogP) is 1.26. The number of rotatable bonds is 1. The zero-order chi connectivity index (χ0) is 9.26. The molecular weight excluding hydrogens is 229 g/mol. The maximum atomic E-state index is 9.05. The van der Waals surface area contributed by atoms with E-state index in [2.05, 4.69) is 6.07 Å². The molecule has 0 saturated carbocycles. The normalized spacial score (nSPS) is 10.2. The Morgan fingerprint density at radius 1 is 1.38 bits per heavy atom. The molecule has 0 saturated heterocycles. The average molecular weight is 236 g/mol. The molecule has 2 aromatic rings. The Hall–Kier alpha value is -1.07. The summed E-state index contributed by atoms with van der Waals surface area (Å²) >= 11 is 0.149. The third-order valence-electron chi connectivity index (χ3n) is 1.92. The zero-order valence-electron chi connectivity index (χ0n) is 6.82. The van der Waals surface area contributed by atoms with Crippen molar-refractivity contribution in [3.8, 4) is 6.07 Å². The molecule has 0 aliphatic carbocycles. The van der Waals surface area contributed by atoms with Gasteiger partial charge < -0.3 is 0 Å². The van der Waals surface area contributed by atoms with Crippen molar-refractivity contribution in [2.75, 3.05) is 0 Å². The molecule has 64 valence electrons. The third-order valence-corrected chi connectivity index (χ3v) is 4.35. The van der Waals surface area contributed by atoms with Gasteiger partial charge in [0.05, 0.1) is 0 Å². The first-order valence-corrected chi connectivity index (χ1v) is 5.59. The molecule has 1 aromatic carbocycles. The fourth-order valence-corrected chi connectivity index (χ4v) is 3.46. The Balaban J connectivity index is 2.83. The van der Waals surface area contributed by atoms with Crippen molar-refractivity contribution >= 4 is 24.1 Å². The molecule has 0 aliphatic rings. The molecule has 1 heterocycles. The Bertz CT molecular complexity index is 481. The first-order chi connectivity index (χ1) is 6.36. The van der Waals surface area contributed by atoms with Gasteiger partial charge in [0.15, 0.2) is 0 Å². The topological polar surface area (TPSA) is 44.0 Å². The molecule has 2 rings (SSSR count). The molecule has 0 fully saturated rings. The van der Waals surface area contributed by atoms with E-state index in [9.17, 15) is 0 Å². The molecule has 0 aliphatic heterocycles. The molecule has 0 radical (unpaired) electrons. The number of benzene rings is 1. The van der Waals surface area contributed by atoms with Crippen LogP contribution in [0.4, 0.5) is 0 Å². The van der Waals surface area contributed by atoms with E-state index in [1.54, 1.807) is 0 Å². The van der Waals surface area contributed by atoms with E-state index in [1.165, 1.54) is 4.26 Å². The monoisotopic (exact) mass is 237 g/mol. The van der Waals surface area contributed by atoms with Gasteiger partial charge in [0, 0.05) is 0 Å². The second-order valence-electron chi connectivity index (χ2n) is 2.67. The molecule has 3 heteroatoms. The summed E-state index contributed by atoms with van der Waals surface area (Å²) in [6.07, 6.45) is 0. The van der Waals surface area contributed by atoms with E-state index in [0.29, 0.717) is 5.56 Å². The molecule has 0 unspecified atom stereocenters. The van der Waals surface area contributed by atoms with Crippen molar-refractivity contribution in [3.63, 3.8) is 0 Å². The Labute approximate surface area is 81.8 Å². The standard InChI is InChI=1S/C10H7NOSe/c11-5-8-7-3-1-2-4-9(7)13-10(8)6-12/h1-4,12H,6H2. The van der Waals surface area contributed by atoms with Crippen LogP contribution in [0.1, 0.15) is 10.0 Å². The summed E-state index contributed by atoms with van der Waals surface area (Å²) in [7, 11) is 0. The molecule has 0 bridgehead atoms. The first kappa shape index (κ1) is 8.52. The second kappa shape index (κ2) is 3.35. The number of aliphatic hydroxyl groups excluding tert-OH is 1. The van der Waals surface area contributed by atoms with Gasteiger partial charge in [-0.1, -0.05) is 0 Å². The van der Waals surface area contributed by atoms with Gasteiger partial charge in [0.25, 0.3) is 0 Å². The Morgan fingerprint density at radius 3 is 2.85 bits per heavy atom. The van der Waals surface area contributed by atoms with E-state index in [-0.39, 0.29) is 21.1 Å². The van der Waals surface area contributed by atoms with Crippen LogP contribution in [0.3, 0.4) is 0 Å². The van der Waals surface area contributed by atoms with Gasteiger partial charge in [-0.25, -0.2) is 0 Å². The van der Waals surface area contributed by atoms with Crippen molar-refractivity contribution in [1.82, 2.24) is 0 Å². The van der Waals surface area contributed by atoms with Crippen molar-refractivity contribution in [2.45, 2.75) is 6.61 Å². The number of nitrogens with zero attached hydrogens (tertiary/aromatic N) is 1. The van der Waals surface area contributed by atoms with Crippen LogP contribution < -0.4 is 0 Å². The van der Waals surface area contributed by atoms with Gasteiger partial charge in [-0.05, 0) is 0 Å². The van der Waals surface area contributed by atoms with Crippen LogP contribution in [0.15, 0.2) is 24.3 Å². The van der Waals surface area contributed by atoms with Crippen LogP contribution in [0.25, 0.3) is 9.65 Å². The van der Waals surface area contributed by atoms with Gasteiger partial charge >= 0.3 is 81.5 Å². The molecule has 13 heavy (non-hydrogen) atoms. The molecule has 1 N–H and O–H groups in total. The van der Waals surface area contributed by atoms with Gasteiger partial charge in [-0.15, -0.1) is 0 Å². The van der Waals surface area contributed by atoms with Gasteiger partial charge in [0.1, 0.15) is 0 Å². The number of hydrogen-bond acceptors (Lipinski definition) is 2. The minimum absolute atomic E-state index is 0.0115. The quantitative estimate of drug-likeness (QED) is 0.757. The molecule has 2 nitrogen and oxygen atoms in total. The van der Waals surface area contributed by atoms with Crippen molar-refractivity contribution < 1.29 is 5.11 Å². The van der Waals surface area contributed by atoms with Crippen LogP contribution in [0, 0.1) is 11.3 Å². The predicted molar refractivity (Wildman–Crippen MR) is 51.5 cm³/mol. The number of fused-ring (bicyclic) bond motifs is 1. The molecule has 0 amide bonds. The Morgan fingerprint density at radius 2 is 2.15 bits per heavy atom. The van der Waals surface area contributed by atoms with Crippen LogP contribution >= 0.6 is 0 Å². The molecule has 0 atom stereocenters. The number of hydrogen-bond donors (Lipinski definition) is 1. The van der Waals surface area contributed by atoms with E-state index < -0.39 is 0 Å². The molecule has 1 aromatic heterocycles. The summed E-state index contributed by atoms with van der Waals surface area (Å²) in [5, 5.41) is 19.0. The van der Waals surface area contributed by atoms with Gasteiger partial charge in [-0.3, -0.25) is 0 Å². The summed E-state index contributed by atoms with van der Waals surface area (Å²) in [5.41, 5.74) is 0.679. The third kappa shape index (κ3) is 1.30. The van der Waals surface area contributed by atoms with Crippen LogP contribution in [-0.4, -0.2) is 19.6 Å². The van der Waals surface area contributed by atoms with E-state index in [4.69, 9.17) is 10.4 Å². The Kier molecular flexibility index (Phi) is 2.20. The summed E-state index contributed by atoms with van der Waals surface area (Å²) in [4.78, 5) is 0. The van der Waals surface area contributed by atoms with E-state index in [0.717, 1.165) is 9.82 Å². The number of aliphatic hydroxyl groups is 1. The SMILES string of the molecule is N#Cc1c(CO)[se]c2ccccc12. The maximum absolute atomic E-state index is 9.05. The van der Waals surface area contributed by atoms with Gasteiger partial charge in [-0.2, -0.15) is 0 Å². The second-order valence-corrected chi connectivity index (χ2v) is 5.05. The van der Waals surface area contributed by atoms with E-state index >= 15 is 0 Å². The van der Waals surface area contributed by atoms with Crippen molar-refractivity contribution in [2.24, 2.45) is 0 Å². The zero-order valence-corrected chi connectivity index (χ0v) is 8.53. The van der Waals surface area contributed by atoms with Gasteiger partial charge in [0.2, 0.25) is 0 Å². The first-order valence-electron chi connectivity index (χ1n) is 3.88. The summed E-state index contributed by atoms with van der Waals surface area (Å²) in [5.74, 6) is 0. The summed E-state index contributed by atoms with van der Waals surface area (Å²) in [6, 6.07) is 10.0. The van der Waals surface area contributed by atoms with Crippen LogP contribution in [0.2, 0.25) is 0 Å². The van der Waals surface area contributed by atoms with Crippen LogP contribution in [0.5, 0.6) is 0 Å². The van der Waals surface area contributed by atoms with E-state index in [1.807, 2.05) is 24.3 Å². The summed E-state index contributed by atoms with van der Waals surface area (Å²) in [6.45, 7) is 0.0115.